The fraction of sp³-hybridized carbons (Fsp3) is 0.765. The first-order valence-corrected chi connectivity index (χ1v) is 10.7. The molecule has 2 unspecified atom stereocenters. The van der Waals surface area contributed by atoms with Gasteiger partial charge in [0.1, 0.15) is 10.6 Å². The normalized spacial score (nSPS) is 26.0. The molecule has 26 heavy (non-hydrogen) atoms. The molecule has 3 heterocycles. The summed E-state index contributed by atoms with van der Waals surface area (Å²) in [7, 11) is -3.63. The Morgan fingerprint density at radius 3 is 2.54 bits per heavy atom. The van der Waals surface area contributed by atoms with E-state index >= 15 is 0 Å². The molecule has 2 aliphatic heterocycles. The Labute approximate surface area is 154 Å². The van der Waals surface area contributed by atoms with Gasteiger partial charge < -0.3 is 15.2 Å². The van der Waals surface area contributed by atoms with Gasteiger partial charge in [0.2, 0.25) is 15.9 Å². The van der Waals surface area contributed by atoms with Crippen LogP contribution in [0.2, 0.25) is 0 Å². The lowest BCUT2D eigenvalue weighted by molar-refractivity contribution is -0.127. The van der Waals surface area contributed by atoms with Crippen LogP contribution in [0, 0.1) is 25.7 Å². The van der Waals surface area contributed by atoms with Crippen LogP contribution in [0.25, 0.3) is 0 Å². The van der Waals surface area contributed by atoms with E-state index in [4.69, 9.17) is 4.52 Å². The van der Waals surface area contributed by atoms with Crippen molar-refractivity contribution in [3.8, 4) is 0 Å². The first kappa shape index (κ1) is 19.3. The highest BCUT2D eigenvalue weighted by Crippen LogP contribution is 2.28. The van der Waals surface area contributed by atoms with Gasteiger partial charge in [0.05, 0.1) is 0 Å². The van der Waals surface area contributed by atoms with Gasteiger partial charge in [-0.1, -0.05) is 12.1 Å². The Kier molecular flexibility index (Phi) is 5.69. The van der Waals surface area contributed by atoms with Crippen LogP contribution in [-0.4, -0.2) is 56.0 Å². The van der Waals surface area contributed by atoms with E-state index in [0.29, 0.717) is 43.3 Å². The molecule has 2 saturated heterocycles. The van der Waals surface area contributed by atoms with E-state index in [9.17, 15) is 13.2 Å². The van der Waals surface area contributed by atoms with Gasteiger partial charge in [0, 0.05) is 31.6 Å². The Balaban J connectivity index is 1.59. The summed E-state index contributed by atoms with van der Waals surface area (Å²) in [5.74, 6) is 0.668. The Bertz CT molecular complexity index is 733. The Morgan fingerprint density at radius 2 is 1.96 bits per heavy atom. The third kappa shape index (κ3) is 3.79. The van der Waals surface area contributed by atoms with Gasteiger partial charge in [-0.25, -0.2) is 8.42 Å². The maximum Gasteiger partial charge on any atom is 0.248 e. The average Bonchev–Trinajstić information content (AvgIpc) is 2.96. The number of rotatable bonds is 4. The highest BCUT2D eigenvalue weighted by molar-refractivity contribution is 7.89. The molecule has 0 spiro atoms. The molecule has 2 fully saturated rings. The molecule has 2 aliphatic rings. The number of amides is 1. The molecule has 2 N–H and O–H groups in total. The number of carbonyl (C=O) groups is 1. The summed E-state index contributed by atoms with van der Waals surface area (Å²) in [6.45, 7) is 7.85. The monoisotopic (exact) mass is 384 g/mol. The molecule has 8 nitrogen and oxygen atoms in total. The third-order valence-electron chi connectivity index (χ3n) is 5.55. The van der Waals surface area contributed by atoms with Crippen molar-refractivity contribution in [1.82, 2.24) is 20.1 Å². The highest BCUT2D eigenvalue weighted by Gasteiger charge is 2.36. The van der Waals surface area contributed by atoms with Crippen LogP contribution in [0.3, 0.4) is 0 Å². The maximum absolute atomic E-state index is 12.8. The zero-order valence-corrected chi connectivity index (χ0v) is 16.4. The highest BCUT2D eigenvalue weighted by atomic mass is 32.2. The second kappa shape index (κ2) is 7.66. The molecule has 2 atom stereocenters. The van der Waals surface area contributed by atoms with E-state index in [2.05, 4.69) is 22.7 Å². The zero-order valence-electron chi connectivity index (χ0n) is 15.6. The van der Waals surface area contributed by atoms with Crippen molar-refractivity contribution < 1.29 is 17.7 Å². The van der Waals surface area contributed by atoms with Crippen LogP contribution < -0.4 is 10.6 Å². The lowest BCUT2D eigenvalue weighted by Gasteiger charge is -2.34. The number of sulfonamides is 1. The van der Waals surface area contributed by atoms with Crippen molar-refractivity contribution in [1.29, 1.82) is 0 Å². The molecule has 1 amide bonds. The molecule has 0 aliphatic carbocycles. The van der Waals surface area contributed by atoms with Crippen LogP contribution in [-0.2, 0) is 14.8 Å². The molecule has 1 aromatic heterocycles. The minimum atomic E-state index is -3.63. The van der Waals surface area contributed by atoms with E-state index in [1.165, 1.54) is 4.31 Å². The summed E-state index contributed by atoms with van der Waals surface area (Å²) in [5, 5.41) is 10.2. The number of hydrogen-bond acceptors (Lipinski definition) is 6. The van der Waals surface area contributed by atoms with Gasteiger partial charge in [-0.05, 0) is 45.6 Å². The lowest BCUT2D eigenvalue weighted by Crippen LogP contribution is -2.52. The van der Waals surface area contributed by atoms with Crippen LogP contribution in [0.4, 0.5) is 0 Å². The zero-order chi connectivity index (χ0) is 18.9. The predicted molar refractivity (Wildman–Crippen MR) is 96.0 cm³/mol. The van der Waals surface area contributed by atoms with Gasteiger partial charge in [0.15, 0.2) is 5.76 Å². The quantitative estimate of drug-likeness (QED) is 0.796. The number of carbonyl (C=O) groups excluding carboxylic acids is 1. The summed E-state index contributed by atoms with van der Waals surface area (Å²) < 4.78 is 32.1. The van der Waals surface area contributed by atoms with E-state index in [1.807, 2.05) is 0 Å². The number of nitrogens with zero attached hydrogens (tertiary/aromatic N) is 2. The van der Waals surface area contributed by atoms with Gasteiger partial charge in [0.25, 0.3) is 0 Å². The number of piperidine rings is 2. The number of aromatic nitrogens is 1. The van der Waals surface area contributed by atoms with Gasteiger partial charge >= 0.3 is 0 Å². The summed E-state index contributed by atoms with van der Waals surface area (Å²) in [6.07, 6.45) is 2.12. The molecule has 0 bridgehead atoms. The van der Waals surface area contributed by atoms with Crippen LogP contribution in [0.1, 0.15) is 37.6 Å². The van der Waals surface area contributed by atoms with Crippen LogP contribution >= 0.6 is 0 Å². The van der Waals surface area contributed by atoms with Crippen molar-refractivity contribution in [2.75, 3.05) is 26.2 Å². The summed E-state index contributed by atoms with van der Waals surface area (Å²) in [5.41, 5.74) is 0.376. The van der Waals surface area contributed by atoms with Crippen molar-refractivity contribution in [2.45, 2.75) is 51.0 Å². The number of aryl methyl sites for hydroxylation is 2. The smallest absolute Gasteiger partial charge is 0.248 e. The van der Waals surface area contributed by atoms with Crippen molar-refractivity contribution in [2.24, 2.45) is 11.8 Å². The van der Waals surface area contributed by atoms with Crippen LogP contribution in [0.5, 0.6) is 0 Å². The molecule has 146 valence electrons. The standard InChI is InChI=1S/C17H28N4O4S/c1-11-4-7-18-10-15(11)19-17(22)14-5-8-21(9-6-14)26(23,24)16-12(2)20-25-13(16)3/h11,14-15,18H,4-10H2,1-3H3,(H,19,22). The lowest BCUT2D eigenvalue weighted by atomic mass is 9.92. The van der Waals surface area contributed by atoms with E-state index in [1.54, 1.807) is 13.8 Å². The first-order chi connectivity index (χ1) is 12.3. The second-order valence-electron chi connectivity index (χ2n) is 7.42. The third-order valence-corrected chi connectivity index (χ3v) is 7.69. The van der Waals surface area contributed by atoms with Crippen molar-refractivity contribution in [3.05, 3.63) is 11.5 Å². The fourth-order valence-corrected chi connectivity index (χ4v) is 5.57. The molecule has 1 aromatic rings. The molecule has 0 saturated carbocycles. The minimum Gasteiger partial charge on any atom is -0.360 e. The predicted octanol–water partition coefficient (Wildman–Crippen LogP) is 0.806. The van der Waals surface area contributed by atoms with E-state index in [0.717, 1.165) is 19.5 Å². The van der Waals surface area contributed by atoms with Crippen LogP contribution in [0.15, 0.2) is 9.42 Å². The number of hydrogen-bond donors (Lipinski definition) is 2. The van der Waals surface area contributed by atoms with E-state index < -0.39 is 10.0 Å². The molecule has 0 aromatic carbocycles. The van der Waals surface area contributed by atoms with E-state index in [-0.39, 0.29) is 22.8 Å². The topological polar surface area (TPSA) is 105 Å². The fourth-order valence-electron chi connectivity index (χ4n) is 3.81. The second-order valence-corrected chi connectivity index (χ2v) is 9.29. The SMILES string of the molecule is Cc1noc(C)c1S(=O)(=O)N1CCC(C(=O)NC2CNCCC2C)CC1. The largest absolute Gasteiger partial charge is 0.360 e. The average molecular weight is 385 g/mol. The molecule has 9 heteroatoms. The van der Waals surface area contributed by atoms with Gasteiger partial charge in [-0.15, -0.1) is 0 Å². The van der Waals surface area contributed by atoms with Gasteiger partial charge in [-0.3, -0.25) is 4.79 Å². The van der Waals surface area contributed by atoms with Crippen molar-refractivity contribution >= 4 is 15.9 Å². The minimum absolute atomic E-state index is 0.0416. The molecular formula is C17H28N4O4S. The Hall–Kier alpha value is -1.45. The maximum atomic E-state index is 12.8. The Morgan fingerprint density at radius 1 is 1.27 bits per heavy atom. The molecular weight excluding hydrogens is 356 g/mol. The van der Waals surface area contributed by atoms with Gasteiger partial charge in [-0.2, -0.15) is 4.31 Å². The summed E-state index contributed by atoms with van der Waals surface area (Å²) in [6, 6.07) is 0.153. The van der Waals surface area contributed by atoms with Crippen molar-refractivity contribution in [3.63, 3.8) is 0 Å². The summed E-state index contributed by atoms with van der Waals surface area (Å²) >= 11 is 0. The summed E-state index contributed by atoms with van der Waals surface area (Å²) in [4.78, 5) is 12.7. The first-order valence-electron chi connectivity index (χ1n) is 9.25. The molecule has 0 radical (unpaired) electrons. The molecule has 3 rings (SSSR count). The number of nitrogens with one attached hydrogen (secondary N) is 2.